The summed E-state index contributed by atoms with van der Waals surface area (Å²) in [4.78, 5) is 28.9. The van der Waals surface area contributed by atoms with Crippen LogP contribution in [0.5, 0.6) is 5.75 Å². The predicted molar refractivity (Wildman–Crippen MR) is 94.6 cm³/mol. The molecule has 2 heterocycles. The summed E-state index contributed by atoms with van der Waals surface area (Å²) in [7, 11) is 1.62. The number of hydrogen-bond acceptors (Lipinski definition) is 4. The van der Waals surface area contributed by atoms with Crippen LogP contribution in [0.3, 0.4) is 0 Å². The van der Waals surface area contributed by atoms with Crippen LogP contribution >= 0.6 is 0 Å². The average Bonchev–Trinajstić information content (AvgIpc) is 3.34. The van der Waals surface area contributed by atoms with Crippen molar-refractivity contribution in [2.24, 2.45) is 11.3 Å². The Morgan fingerprint density at radius 1 is 1.20 bits per heavy atom. The summed E-state index contributed by atoms with van der Waals surface area (Å²) in [5.74, 6) is 1.08. The first-order chi connectivity index (χ1) is 12.1. The molecule has 2 saturated heterocycles. The molecular weight excluding hydrogens is 318 g/mol. The Morgan fingerprint density at radius 2 is 1.92 bits per heavy atom. The van der Waals surface area contributed by atoms with Gasteiger partial charge in [-0.1, -0.05) is 0 Å². The van der Waals surface area contributed by atoms with Crippen molar-refractivity contribution in [3.8, 4) is 5.75 Å². The maximum absolute atomic E-state index is 12.8. The van der Waals surface area contributed by atoms with Gasteiger partial charge in [0, 0.05) is 24.7 Å². The number of methoxy groups -OCH3 is 1. The van der Waals surface area contributed by atoms with E-state index >= 15 is 0 Å². The van der Waals surface area contributed by atoms with Crippen LogP contribution in [0.1, 0.15) is 19.3 Å². The van der Waals surface area contributed by atoms with Crippen LogP contribution in [-0.2, 0) is 9.59 Å². The molecule has 2 aliphatic heterocycles. The number of benzene rings is 1. The second-order valence-corrected chi connectivity index (χ2v) is 7.37. The zero-order valence-electron chi connectivity index (χ0n) is 14.7. The highest BCUT2D eigenvalue weighted by Gasteiger charge is 2.58. The number of carbonyl (C=O) groups excluding carboxylic acids is 2. The Hall–Kier alpha value is -2.08. The molecule has 1 atom stereocenters. The van der Waals surface area contributed by atoms with Gasteiger partial charge in [0.2, 0.25) is 11.8 Å². The number of anilines is 1. The van der Waals surface area contributed by atoms with Crippen LogP contribution in [0.15, 0.2) is 24.3 Å². The number of piperidine rings is 1. The smallest absolute Gasteiger partial charge is 0.246 e. The molecule has 6 nitrogen and oxygen atoms in total. The van der Waals surface area contributed by atoms with Crippen molar-refractivity contribution in [1.82, 2.24) is 10.2 Å². The number of piperazine rings is 1. The molecule has 1 saturated carbocycles. The highest BCUT2D eigenvalue weighted by Crippen LogP contribution is 2.59. The van der Waals surface area contributed by atoms with E-state index in [2.05, 4.69) is 5.32 Å². The van der Waals surface area contributed by atoms with E-state index in [1.807, 2.05) is 24.3 Å². The first kappa shape index (κ1) is 16.4. The van der Waals surface area contributed by atoms with E-state index in [-0.39, 0.29) is 29.7 Å². The van der Waals surface area contributed by atoms with E-state index in [9.17, 15) is 9.59 Å². The van der Waals surface area contributed by atoms with Crippen LogP contribution in [0.4, 0.5) is 5.69 Å². The number of rotatable bonds is 3. The van der Waals surface area contributed by atoms with E-state index in [0.717, 1.165) is 43.8 Å². The summed E-state index contributed by atoms with van der Waals surface area (Å²) in [5.41, 5.74) is 1.08. The molecule has 134 valence electrons. The minimum atomic E-state index is -0.00947. The fraction of sp³-hybridized carbons (Fsp3) is 0.579. The molecule has 1 aromatic rings. The van der Waals surface area contributed by atoms with Gasteiger partial charge in [-0.25, -0.2) is 0 Å². The Morgan fingerprint density at radius 3 is 2.56 bits per heavy atom. The Labute approximate surface area is 148 Å². The van der Waals surface area contributed by atoms with Crippen LogP contribution in [0.2, 0.25) is 0 Å². The maximum atomic E-state index is 12.8. The number of hydrogen-bond donors (Lipinski definition) is 1. The zero-order valence-corrected chi connectivity index (χ0v) is 14.7. The topological polar surface area (TPSA) is 61.9 Å². The molecule has 6 heteroatoms. The van der Waals surface area contributed by atoms with Gasteiger partial charge in [-0.05, 0) is 62.0 Å². The van der Waals surface area contributed by atoms with Crippen molar-refractivity contribution in [3.05, 3.63) is 24.3 Å². The van der Waals surface area contributed by atoms with Crippen LogP contribution in [0, 0.1) is 11.3 Å². The molecule has 0 bridgehead atoms. The lowest BCUT2D eigenvalue weighted by molar-refractivity contribution is -0.138. The zero-order chi connectivity index (χ0) is 17.4. The third kappa shape index (κ3) is 2.99. The lowest BCUT2D eigenvalue weighted by Crippen LogP contribution is -2.53. The SMILES string of the molecule is COc1ccc(N2CCN(C(=O)C3CC34CCNCC4)CC2=O)cc1. The van der Waals surface area contributed by atoms with Crippen molar-refractivity contribution in [2.75, 3.05) is 44.7 Å². The predicted octanol–water partition coefficient (Wildman–Crippen LogP) is 1.26. The van der Waals surface area contributed by atoms with Gasteiger partial charge in [0.05, 0.1) is 7.11 Å². The normalized spacial score (nSPS) is 25.2. The second-order valence-electron chi connectivity index (χ2n) is 7.37. The molecule has 3 aliphatic rings. The van der Waals surface area contributed by atoms with Gasteiger partial charge in [0.1, 0.15) is 12.3 Å². The Kier molecular flexibility index (Phi) is 4.15. The van der Waals surface area contributed by atoms with E-state index in [0.29, 0.717) is 13.1 Å². The molecule has 0 radical (unpaired) electrons. The van der Waals surface area contributed by atoms with Gasteiger partial charge in [-0.15, -0.1) is 0 Å². The quantitative estimate of drug-likeness (QED) is 0.898. The number of nitrogens with one attached hydrogen (secondary N) is 1. The summed E-state index contributed by atoms with van der Waals surface area (Å²) in [6, 6.07) is 7.48. The van der Waals surface area contributed by atoms with Gasteiger partial charge in [0.15, 0.2) is 0 Å². The molecular formula is C19H25N3O3. The molecule has 1 aromatic carbocycles. The van der Waals surface area contributed by atoms with Crippen molar-refractivity contribution in [2.45, 2.75) is 19.3 Å². The van der Waals surface area contributed by atoms with Gasteiger partial charge in [-0.2, -0.15) is 0 Å². The van der Waals surface area contributed by atoms with Gasteiger partial charge < -0.3 is 19.9 Å². The van der Waals surface area contributed by atoms with Crippen LogP contribution in [0.25, 0.3) is 0 Å². The molecule has 0 aromatic heterocycles. The van der Waals surface area contributed by atoms with E-state index < -0.39 is 0 Å². The van der Waals surface area contributed by atoms with Crippen molar-refractivity contribution < 1.29 is 14.3 Å². The number of ether oxygens (including phenoxy) is 1. The molecule has 3 fully saturated rings. The van der Waals surface area contributed by atoms with Crippen molar-refractivity contribution >= 4 is 17.5 Å². The van der Waals surface area contributed by atoms with Crippen LogP contribution < -0.4 is 15.0 Å². The van der Waals surface area contributed by atoms with E-state index in [1.165, 1.54) is 0 Å². The first-order valence-corrected chi connectivity index (χ1v) is 9.07. The van der Waals surface area contributed by atoms with Gasteiger partial charge in [0.25, 0.3) is 0 Å². The van der Waals surface area contributed by atoms with Crippen molar-refractivity contribution in [1.29, 1.82) is 0 Å². The molecule has 1 unspecified atom stereocenters. The lowest BCUT2D eigenvalue weighted by atomic mass is 9.91. The minimum Gasteiger partial charge on any atom is -0.497 e. The third-order valence-electron chi connectivity index (χ3n) is 6.00. The summed E-state index contributed by atoms with van der Waals surface area (Å²) in [6.45, 7) is 3.37. The standard InChI is InChI=1S/C19H25N3O3/c1-25-15-4-2-14(3-5-15)22-11-10-21(13-17(22)23)18(24)16-12-19(16)6-8-20-9-7-19/h2-5,16,20H,6-13H2,1H3. The Bertz CT molecular complexity index is 667. The summed E-state index contributed by atoms with van der Waals surface area (Å²) in [6.07, 6.45) is 3.17. The largest absolute Gasteiger partial charge is 0.497 e. The molecule has 2 amide bonds. The van der Waals surface area contributed by atoms with E-state index in [4.69, 9.17) is 4.74 Å². The van der Waals surface area contributed by atoms with Crippen molar-refractivity contribution in [3.63, 3.8) is 0 Å². The summed E-state index contributed by atoms with van der Waals surface area (Å²) in [5, 5.41) is 3.36. The second kappa shape index (κ2) is 6.33. The summed E-state index contributed by atoms with van der Waals surface area (Å²) < 4.78 is 5.16. The Balaban J connectivity index is 1.38. The summed E-state index contributed by atoms with van der Waals surface area (Å²) >= 11 is 0. The van der Waals surface area contributed by atoms with E-state index in [1.54, 1.807) is 16.9 Å². The average molecular weight is 343 g/mol. The number of nitrogens with zero attached hydrogens (tertiary/aromatic N) is 2. The minimum absolute atomic E-state index is 0.00947. The third-order valence-corrected chi connectivity index (χ3v) is 6.00. The molecule has 1 spiro atoms. The fourth-order valence-corrected chi connectivity index (χ4v) is 4.29. The monoisotopic (exact) mass is 343 g/mol. The number of carbonyl (C=O) groups is 2. The van der Waals surface area contributed by atoms with Gasteiger partial charge in [-0.3, -0.25) is 9.59 Å². The molecule has 1 N–H and O–H groups in total. The molecule has 4 rings (SSSR count). The van der Waals surface area contributed by atoms with Gasteiger partial charge >= 0.3 is 0 Å². The first-order valence-electron chi connectivity index (χ1n) is 9.07. The fourth-order valence-electron chi connectivity index (χ4n) is 4.29. The lowest BCUT2D eigenvalue weighted by Gasteiger charge is -2.35. The molecule has 1 aliphatic carbocycles. The van der Waals surface area contributed by atoms with Crippen LogP contribution in [-0.4, -0.2) is 56.5 Å². The molecule has 25 heavy (non-hydrogen) atoms. The highest BCUT2D eigenvalue weighted by atomic mass is 16.5. The highest BCUT2D eigenvalue weighted by molar-refractivity contribution is 5.98. The number of amides is 2. The maximum Gasteiger partial charge on any atom is 0.246 e.